The number of benzene rings is 2. The third-order valence-corrected chi connectivity index (χ3v) is 5.19. The zero-order valence-electron chi connectivity index (χ0n) is 15.6. The van der Waals surface area contributed by atoms with Crippen molar-refractivity contribution in [3.05, 3.63) is 84.3 Å². The van der Waals surface area contributed by atoms with E-state index >= 15 is 0 Å². The maximum Gasteiger partial charge on any atom is 0.329 e. The number of nitrogens with one attached hydrogen (secondary N) is 3. The van der Waals surface area contributed by atoms with Crippen molar-refractivity contribution in [1.29, 1.82) is 0 Å². The molecule has 0 spiro atoms. The molecule has 0 aliphatic carbocycles. The molecular formula is C20H18N4O5S. The predicted molar refractivity (Wildman–Crippen MR) is 110 cm³/mol. The van der Waals surface area contributed by atoms with Gasteiger partial charge in [-0.2, -0.15) is 5.10 Å². The number of sulfonamides is 1. The van der Waals surface area contributed by atoms with Crippen LogP contribution < -0.4 is 15.5 Å². The lowest BCUT2D eigenvalue weighted by molar-refractivity contribution is -0.136. The summed E-state index contributed by atoms with van der Waals surface area (Å²) in [5.74, 6) is -1.19. The minimum absolute atomic E-state index is 0.0586. The van der Waals surface area contributed by atoms with Crippen molar-refractivity contribution in [2.24, 2.45) is 5.10 Å². The first kappa shape index (κ1) is 21.0. The third-order valence-electron chi connectivity index (χ3n) is 3.77. The van der Waals surface area contributed by atoms with Gasteiger partial charge in [0.05, 0.1) is 17.7 Å². The molecule has 0 aliphatic heterocycles. The largest absolute Gasteiger partial charge is 0.459 e. The number of carbonyl (C=O) groups is 2. The topological polar surface area (TPSA) is 130 Å². The summed E-state index contributed by atoms with van der Waals surface area (Å²) >= 11 is 0. The first-order valence-electron chi connectivity index (χ1n) is 8.77. The van der Waals surface area contributed by atoms with Gasteiger partial charge in [-0.05, 0) is 36.4 Å². The molecule has 0 bridgehead atoms. The summed E-state index contributed by atoms with van der Waals surface area (Å²) in [6, 6.07) is 19.6. The van der Waals surface area contributed by atoms with E-state index in [4.69, 9.17) is 4.42 Å². The predicted octanol–water partition coefficient (Wildman–Crippen LogP) is 1.85. The van der Waals surface area contributed by atoms with Gasteiger partial charge in [0, 0.05) is 5.69 Å². The number of para-hydroxylation sites is 1. The second kappa shape index (κ2) is 9.63. The molecule has 0 unspecified atom stereocenters. The SMILES string of the molecule is O=C(N/N=C/c1ccc(CNS(=O)(=O)c2ccccc2)o1)C(=O)Nc1ccccc1. The molecule has 1 aromatic heterocycles. The quantitative estimate of drug-likeness (QED) is 0.302. The number of amides is 2. The highest BCUT2D eigenvalue weighted by Gasteiger charge is 2.14. The van der Waals surface area contributed by atoms with Crippen LogP contribution in [-0.4, -0.2) is 26.4 Å². The summed E-state index contributed by atoms with van der Waals surface area (Å²) < 4.78 is 32.2. The Balaban J connectivity index is 1.49. The van der Waals surface area contributed by atoms with Gasteiger partial charge in [-0.3, -0.25) is 9.59 Å². The Labute approximate surface area is 172 Å². The van der Waals surface area contributed by atoms with Crippen LogP contribution >= 0.6 is 0 Å². The summed E-state index contributed by atoms with van der Waals surface area (Å²) in [6.07, 6.45) is 1.20. The number of carbonyl (C=O) groups excluding carboxylic acids is 2. The molecule has 0 aliphatic rings. The molecule has 2 aromatic carbocycles. The number of anilines is 1. The summed E-state index contributed by atoms with van der Waals surface area (Å²) in [4.78, 5) is 23.7. The standard InChI is InChI=1S/C20H18N4O5S/c25-19(23-15-7-3-1-4-8-15)20(26)24-21-13-16-11-12-17(29-16)14-22-30(27,28)18-9-5-2-6-10-18/h1-13,22H,14H2,(H,23,25)(H,24,26)/b21-13+. The van der Waals surface area contributed by atoms with Gasteiger partial charge < -0.3 is 9.73 Å². The fourth-order valence-electron chi connectivity index (χ4n) is 2.32. The van der Waals surface area contributed by atoms with E-state index in [1.807, 2.05) is 0 Å². The summed E-state index contributed by atoms with van der Waals surface area (Å²) in [5, 5.41) is 6.08. The van der Waals surface area contributed by atoms with Crippen molar-refractivity contribution in [2.45, 2.75) is 11.4 Å². The second-order valence-corrected chi connectivity index (χ2v) is 7.73. The molecule has 9 nitrogen and oxygen atoms in total. The molecule has 30 heavy (non-hydrogen) atoms. The first-order valence-corrected chi connectivity index (χ1v) is 10.3. The van der Waals surface area contributed by atoms with E-state index in [0.717, 1.165) is 0 Å². The molecule has 3 N–H and O–H groups in total. The smallest absolute Gasteiger partial charge is 0.329 e. The van der Waals surface area contributed by atoms with Gasteiger partial charge in [-0.25, -0.2) is 18.6 Å². The number of hydrogen-bond donors (Lipinski definition) is 3. The van der Waals surface area contributed by atoms with Crippen LogP contribution in [0, 0.1) is 0 Å². The summed E-state index contributed by atoms with van der Waals surface area (Å²) in [6.45, 7) is -0.0586. The van der Waals surface area contributed by atoms with Crippen molar-refractivity contribution in [2.75, 3.05) is 5.32 Å². The molecule has 0 atom stereocenters. The molecule has 10 heteroatoms. The Hall–Kier alpha value is -3.76. The van der Waals surface area contributed by atoms with Crippen molar-refractivity contribution < 1.29 is 22.4 Å². The van der Waals surface area contributed by atoms with Crippen LogP contribution in [-0.2, 0) is 26.2 Å². The van der Waals surface area contributed by atoms with E-state index in [1.54, 1.807) is 60.7 Å². The van der Waals surface area contributed by atoms with E-state index in [9.17, 15) is 18.0 Å². The van der Waals surface area contributed by atoms with Crippen LogP contribution in [0.5, 0.6) is 0 Å². The molecule has 3 rings (SSSR count). The highest BCUT2D eigenvalue weighted by atomic mass is 32.2. The minimum Gasteiger partial charge on any atom is -0.459 e. The first-order chi connectivity index (χ1) is 14.4. The van der Waals surface area contributed by atoms with E-state index in [-0.39, 0.29) is 17.2 Å². The van der Waals surface area contributed by atoms with Crippen molar-refractivity contribution >= 4 is 33.7 Å². The fraction of sp³-hybridized carbons (Fsp3) is 0.0500. The van der Waals surface area contributed by atoms with Gasteiger partial charge in [0.2, 0.25) is 10.0 Å². The molecular weight excluding hydrogens is 408 g/mol. The lowest BCUT2D eigenvalue weighted by Gasteiger charge is -2.04. The van der Waals surface area contributed by atoms with E-state index in [2.05, 4.69) is 20.6 Å². The fourth-order valence-corrected chi connectivity index (χ4v) is 3.34. The molecule has 0 saturated carbocycles. The average Bonchev–Trinajstić information content (AvgIpc) is 3.21. The number of hydrogen-bond acceptors (Lipinski definition) is 6. The Kier molecular flexibility index (Phi) is 6.73. The lowest BCUT2D eigenvalue weighted by atomic mass is 10.3. The Morgan fingerprint density at radius 2 is 1.57 bits per heavy atom. The van der Waals surface area contributed by atoms with Crippen LogP contribution in [0.1, 0.15) is 11.5 Å². The van der Waals surface area contributed by atoms with Crippen LogP contribution in [0.4, 0.5) is 5.69 Å². The number of rotatable bonds is 7. The van der Waals surface area contributed by atoms with E-state index in [0.29, 0.717) is 11.4 Å². The molecule has 0 fully saturated rings. The third kappa shape index (κ3) is 5.87. The molecule has 0 radical (unpaired) electrons. The molecule has 3 aromatic rings. The molecule has 1 heterocycles. The summed E-state index contributed by atoms with van der Waals surface area (Å²) in [7, 11) is -3.66. The van der Waals surface area contributed by atoms with Crippen molar-refractivity contribution in [1.82, 2.24) is 10.1 Å². The van der Waals surface area contributed by atoms with Gasteiger partial charge in [0.25, 0.3) is 0 Å². The second-order valence-electron chi connectivity index (χ2n) is 5.96. The van der Waals surface area contributed by atoms with Crippen molar-refractivity contribution in [3.8, 4) is 0 Å². The van der Waals surface area contributed by atoms with Crippen LogP contribution in [0.3, 0.4) is 0 Å². The maximum atomic E-state index is 12.2. The Morgan fingerprint density at radius 1 is 0.900 bits per heavy atom. The molecule has 0 saturated heterocycles. The van der Waals surface area contributed by atoms with Crippen LogP contribution in [0.2, 0.25) is 0 Å². The lowest BCUT2D eigenvalue weighted by Crippen LogP contribution is -2.32. The van der Waals surface area contributed by atoms with Crippen LogP contribution in [0.15, 0.2) is 87.2 Å². The van der Waals surface area contributed by atoms with E-state index in [1.165, 1.54) is 18.3 Å². The van der Waals surface area contributed by atoms with E-state index < -0.39 is 21.8 Å². The number of nitrogens with zero attached hydrogens (tertiary/aromatic N) is 1. The van der Waals surface area contributed by atoms with Crippen LogP contribution in [0.25, 0.3) is 0 Å². The zero-order chi connectivity index (χ0) is 21.4. The minimum atomic E-state index is -3.66. The molecule has 154 valence electrons. The number of hydrazone groups is 1. The van der Waals surface area contributed by atoms with Gasteiger partial charge in [0.1, 0.15) is 11.5 Å². The van der Waals surface area contributed by atoms with Gasteiger partial charge >= 0.3 is 11.8 Å². The van der Waals surface area contributed by atoms with Gasteiger partial charge in [-0.1, -0.05) is 36.4 Å². The Bertz CT molecular complexity index is 1140. The highest BCUT2D eigenvalue weighted by Crippen LogP contribution is 2.10. The summed E-state index contributed by atoms with van der Waals surface area (Å²) in [5.41, 5.74) is 2.57. The highest BCUT2D eigenvalue weighted by molar-refractivity contribution is 7.89. The normalized spacial score (nSPS) is 11.3. The van der Waals surface area contributed by atoms with Crippen molar-refractivity contribution in [3.63, 3.8) is 0 Å². The average molecular weight is 426 g/mol. The van der Waals surface area contributed by atoms with Gasteiger partial charge in [0.15, 0.2) is 0 Å². The maximum absolute atomic E-state index is 12.2. The Morgan fingerprint density at radius 3 is 2.27 bits per heavy atom. The van der Waals surface area contributed by atoms with Gasteiger partial charge in [-0.15, -0.1) is 0 Å². The molecule has 2 amide bonds. The monoisotopic (exact) mass is 426 g/mol. The zero-order valence-corrected chi connectivity index (χ0v) is 16.4. The number of furan rings is 1.